The molecule has 0 aromatic heterocycles. The van der Waals surface area contributed by atoms with Gasteiger partial charge in [0.05, 0.1) is 72.5 Å². The van der Waals surface area contributed by atoms with Gasteiger partial charge in [0.25, 0.3) is 0 Å². The van der Waals surface area contributed by atoms with Crippen LogP contribution in [0.3, 0.4) is 0 Å². The molecule has 1 fully saturated rings. The van der Waals surface area contributed by atoms with Crippen molar-refractivity contribution in [2.75, 3.05) is 48.8 Å². The summed E-state index contributed by atoms with van der Waals surface area (Å²) in [4.78, 5) is 12.6. The van der Waals surface area contributed by atoms with E-state index in [1.807, 2.05) is 0 Å². The number of methoxy groups -OCH3 is 5. The molecule has 2 aromatic carbocycles. The number of ether oxygens (including phenoxy) is 7. The summed E-state index contributed by atoms with van der Waals surface area (Å²) in [6.45, 7) is 0.0651. The molecule has 9 nitrogen and oxygen atoms in total. The minimum atomic E-state index is -0.808. The Morgan fingerprint density at radius 3 is 2.09 bits per heavy atom. The van der Waals surface area contributed by atoms with Gasteiger partial charge in [-0.05, 0) is 35.9 Å². The molecular formula is C23H28O9. The molecule has 1 saturated heterocycles. The molecule has 1 N–H and O–H groups in total. The average molecular weight is 448 g/mol. The Morgan fingerprint density at radius 1 is 0.906 bits per heavy atom. The predicted molar refractivity (Wildman–Crippen MR) is 114 cm³/mol. The van der Waals surface area contributed by atoms with Crippen molar-refractivity contribution in [2.45, 2.75) is 12.2 Å². The number of hydrogen-bond acceptors (Lipinski definition) is 9. The number of carbonyl (C=O) groups excluding carboxylic acids is 1. The first-order valence-electron chi connectivity index (χ1n) is 9.96. The van der Waals surface area contributed by atoms with Gasteiger partial charge in [-0.25, -0.2) is 4.79 Å². The van der Waals surface area contributed by atoms with Crippen LogP contribution in [-0.2, 0) is 9.47 Å². The molecule has 32 heavy (non-hydrogen) atoms. The van der Waals surface area contributed by atoms with Crippen LogP contribution in [0.25, 0.3) is 0 Å². The van der Waals surface area contributed by atoms with Crippen LogP contribution in [0.2, 0.25) is 0 Å². The predicted octanol–water partition coefficient (Wildman–Crippen LogP) is 2.64. The zero-order chi connectivity index (χ0) is 23.3. The fourth-order valence-corrected chi connectivity index (χ4v) is 3.68. The van der Waals surface area contributed by atoms with Crippen LogP contribution in [0, 0.1) is 5.92 Å². The van der Waals surface area contributed by atoms with Crippen LogP contribution in [0.1, 0.15) is 22.0 Å². The standard InChI is InChI=1S/C23H28O9/c1-26-17-7-6-13(8-18(17)27-2)23(25)32-11-15-16(24)12-31-21(15)14-9-19(28-3)22(30-5)20(10-14)29-4/h6-10,15-16,21,24H,11-12H2,1-5H3/t15-,16+,21+/m0/s1. The summed E-state index contributed by atoms with van der Waals surface area (Å²) >= 11 is 0. The van der Waals surface area contributed by atoms with E-state index in [1.54, 1.807) is 30.3 Å². The van der Waals surface area contributed by atoms with Crippen LogP contribution in [0.4, 0.5) is 0 Å². The lowest BCUT2D eigenvalue weighted by Gasteiger charge is -2.22. The molecule has 1 heterocycles. The summed E-state index contributed by atoms with van der Waals surface area (Å²) in [5.74, 6) is 1.28. The third-order valence-electron chi connectivity index (χ3n) is 5.37. The number of rotatable bonds is 9. The van der Waals surface area contributed by atoms with Gasteiger partial charge in [-0.1, -0.05) is 0 Å². The largest absolute Gasteiger partial charge is 0.493 e. The molecule has 1 aliphatic rings. The molecule has 0 bridgehead atoms. The van der Waals surface area contributed by atoms with Crippen molar-refractivity contribution in [1.82, 2.24) is 0 Å². The van der Waals surface area contributed by atoms with Crippen LogP contribution in [-0.4, -0.2) is 65.9 Å². The second kappa shape index (κ2) is 10.4. The van der Waals surface area contributed by atoms with Gasteiger partial charge in [-0.2, -0.15) is 0 Å². The van der Waals surface area contributed by atoms with E-state index in [0.29, 0.717) is 39.9 Å². The van der Waals surface area contributed by atoms with Gasteiger partial charge in [0.2, 0.25) is 5.75 Å². The first kappa shape index (κ1) is 23.5. The molecule has 0 aliphatic carbocycles. The van der Waals surface area contributed by atoms with Crippen molar-refractivity contribution in [3.05, 3.63) is 41.5 Å². The van der Waals surface area contributed by atoms with E-state index in [1.165, 1.54) is 35.5 Å². The van der Waals surface area contributed by atoms with E-state index in [9.17, 15) is 9.90 Å². The minimum absolute atomic E-state index is 0.0460. The summed E-state index contributed by atoms with van der Waals surface area (Å²) in [5, 5.41) is 10.5. The fraction of sp³-hybridized carbons (Fsp3) is 0.435. The Labute approximate surface area is 186 Å². The third kappa shape index (κ3) is 4.68. The number of esters is 1. The number of carbonyl (C=O) groups is 1. The topological polar surface area (TPSA) is 102 Å². The normalized spacial score (nSPS) is 19.9. The van der Waals surface area contributed by atoms with Gasteiger partial charge in [-0.3, -0.25) is 0 Å². The van der Waals surface area contributed by atoms with Gasteiger partial charge in [0.15, 0.2) is 23.0 Å². The number of aliphatic hydroxyl groups is 1. The Morgan fingerprint density at radius 2 is 1.53 bits per heavy atom. The summed E-state index contributed by atoms with van der Waals surface area (Å²) in [5.41, 5.74) is 1.02. The van der Waals surface area contributed by atoms with E-state index in [2.05, 4.69) is 0 Å². The molecule has 3 atom stereocenters. The lowest BCUT2D eigenvalue weighted by molar-refractivity contribution is 0.0235. The van der Waals surface area contributed by atoms with Crippen molar-refractivity contribution in [1.29, 1.82) is 0 Å². The first-order valence-corrected chi connectivity index (χ1v) is 9.96. The number of hydrogen-bond donors (Lipinski definition) is 1. The highest BCUT2D eigenvalue weighted by molar-refractivity contribution is 5.90. The van der Waals surface area contributed by atoms with Crippen molar-refractivity contribution in [2.24, 2.45) is 5.92 Å². The van der Waals surface area contributed by atoms with Gasteiger partial charge >= 0.3 is 5.97 Å². The molecule has 0 spiro atoms. The van der Waals surface area contributed by atoms with Crippen molar-refractivity contribution in [3.63, 3.8) is 0 Å². The van der Waals surface area contributed by atoms with Gasteiger partial charge in [0.1, 0.15) is 0 Å². The quantitative estimate of drug-likeness (QED) is 0.580. The minimum Gasteiger partial charge on any atom is -0.493 e. The Hall–Kier alpha value is -3.17. The van der Waals surface area contributed by atoms with E-state index in [4.69, 9.17) is 33.2 Å². The van der Waals surface area contributed by atoms with Crippen molar-refractivity contribution >= 4 is 5.97 Å². The molecule has 0 saturated carbocycles. The summed E-state index contributed by atoms with van der Waals surface area (Å²) in [7, 11) is 7.57. The number of benzene rings is 2. The highest BCUT2D eigenvalue weighted by Crippen LogP contribution is 2.44. The molecule has 0 radical (unpaired) electrons. The maximum absolute atomic E-state index is 12.6. The molecule has 9 heteroatoms. The smallest absolute Gasteiger partial charge is 0.338 e. The van der Waals surface area contributed by atoms with E-state index in [0.717, 1.165) is 0 Å². The molecule has 0 amide bonds. The Kier molecular flexibility index (Phi) is 7.66. The lowest BCUT2D eigenvalue weighted by Crippen LogP contribution is -2.26. The highest BCUT2D eigenvalue weighted by atomic mass is 16.5. The van der Waals surface area contributed by atoms with Crippen LogP contribution >= 0.6 is 0 Å². The third-order valence-corrected chi connectivity index (χ3v) is 5.37. The average Bonchev–Trinajstić information content (AvgIpc) is 3.20. The van der Waals surface area contributed by atoms with Gasteiger partial charge < -0.3 is 38.3 Å². The molecule has 174 valence electrons. The second-order valence-corrected chi connectivity index (χ2v) is 7.11. The van der Waals surface area contributed by atoms with Crippen molar-refractivity contribution < 1.29 is 43.1 Å². The first-order chi connectivity index (χ1) is 15.5. The summed E-state index contributed by atoms with van der Waals surface area (Å²) in [6, 6.07) is 8.27. The van der Waals surface area contributed by atoms with Crippen LogP contribution < -0.4 is 23.7 Å². The van der Waals surface area contributed by atoms with Crippen LogP contribution in [0.5, 0.6) is 28.7 Å². The molecular weight excluding hydrogens is 420 g/mol. The molecule has 3 rings (SSSR count). The van der Waals surface area contributed by atoms with E-state index < -0.39 is 24.1 Å². The van der Waals surface area contributed by atoms with E-state index in [-0.39, 0.29) is 13.2 Å². The Bertz CT molecular complexity index is 918. The lowest BCUT2D eigenvalue weighted by atomic mass is 9.93. The zero-order valence-electron chi connectivity index (χ0n) is 18.7. The second-order valence-electron chi connectivity index (χ2n) is 7.11. The fourth-order valence-electron chi connectivity index (χ4n) is 3.68. The number of aliphatic hydroxyl groups excluding tert-OH is 1. The van der Waals surface area contributed by atoms with E-state index >= 15 is 0 Å². The van der Waals surface area contributed by atoms with Crippen molar-refractivity contribution in [3.8, 4) is 28.7 Å². The monoisotopic (exact) mass is 448 g/mol. The highest BCUT2D eigenvalue weighted by Gasteiger charge is 2.39. The molecule has 0 unspecified atom stereocenters. The van der Waals surface area contributed by atoms with Crippen LogP contribution in [0.15, 0.2) is 30.3 Å². The summed E-state index contributed by atoms with van der Waals surface area (Å²) < 4.78 is 37.9. The van der Waals surface area contributed by atoms with Gasteiger partial charge in [0, 0.05) is 0 Å². The van der Waals surface area contributed by atoms with Gasteiger partial charge in [-0.15, -0.1) is 0 Å². The summed E-state index contributed by atoms with van der Waals surface area (Å²) in [6.07, 6.45) is -1.34. The zero-order valence-corrected chi connectivity index (χ0v) is 18.7. The molecule has 1 aliphatic heterocycles. The SMILES string of the molecule is COc1ccc(C(=O)OC[C@H]2[C@H](O)CO[C@@H]2c2cc(OC)c(OC)c(OC)c2)cc1OC. The maximum Gasteiger partial charge on any atom is 0.338 e. The molecule has 2 aromatic rings. The Balaban J connectivity index is 1.79. The maximum atomic E-state index is 12.6.